The summed E-state index contributed by atoms with van der Waals surface area (Å²) in [6.07, 6.45) is 1.63. The van der Waals surface area contributed by atoms with Crippen LogP contribution in [0.4, 0.5) is 4.39 Å². The van der Waals surface area contributed by atoms with Gasteiger partial charge in [-0.25, -0.2) is 9.37 Å². The first kappa shape index (κ1) is 20.3. The van der Waals surface area contributed by atoms with Crippen molar-refractivity contribution in [2.45, 2.75) is 11.7 Å². The van der Waals surface area contributed by atoms with Crippen LogP contribution in [0.1, 0.15) is 10.4 Å². The quantitative estimate of drug-likeness (QED) is 0.168. The lowest BCUT2D eigenvalue weighted by Crippen LogP contribution is -2.23. The summed E-state index contributed by atoms with van der Waals surface area (Å²) in [6.45, 7) is 4.03. The van der Waals surface area contributed by atoms with Gasteiger partial charge in [-0.3, -0.25) is 14.2 Å². The van der Waals surface area contributed by atoms with Crippen LogP contribution < -0.4 is 5.56 Å². The first-order valence-electron chi connectivity index (χ1n) is 9.18. The summed E-state index contributed by atoms with van der Waals surface area (Å²) < 4.78 is 14.6. The second-order valence-electron chi connectivity index (χ2n) is 6.51. The molecule has 0 radical (unpaired) electrons. The molecule has 30 heavy (non-hydrogen) atoms. The molecule has 4 nitrogen and oxygen atoms in total. The monoisotopic (exact) mass is 436 g/mol. The maximum Gasteiger partial charge on any atom is 0.263 e. The third-order valence-electron chi connectivity index (χ3n) is 4.55. The molecular weight excluding hydrogens is 419 g/mol. The van der Waals surface area contributed by atoms with Crippen molar-refractivity contribution < 1.29 is 9.18 Å². The van der Waals surface area contributed by atoms with Crippen molar-refractivity contribution in [2.75, 3.05) is 5.75 Å². The van der Waals surface area contributed by atoms with Crippen LogP contribution in [0.2, 0.25) is 0 Å². The zero-order chi connectivity index (χ0) is 21.1. The predicted octanol–water partition coefficient (Wildman–Crippen LogP) is 5.43. The van der Waals surface area contributed by atoms with Gasteiger partial charge in [-0.2, -0.15) is 0 Å². The van der Waals surface area contributed by atoms with Gasteiger partial charge in [0.1, 0.15) is 10.6 Å². The Balaban J connectivity index is 1.70. The van der Waals surface area contributed by atoms with E-state index in [0.717, 1.165) is 11.1 Å². The predicted molar refractivity (Wildman–Crippen MR) is 121 cm³/mol. The van der Waals surface area contributed by atoms with E-state index >= 15 is 0 Å². The second kappa shape index (κ2) is 8.77. The van der Waals surface area contributed by atoms with E-state index in [9.17, 15) is 14.0 Å². The van der Waals surface area contributed by atoms with E-state index in [-0.39, 0.29) is 17.1 Å². The molecule has 2 heterocycles. The van der Waals surface area contributed by atoms with Crippen molar-refractivity contribution in [2.24, 2.45) is 0 Å². The molecule has 4 rings (SSSR count). The van der Waals surface area contributed by atoms with Gasteiger partial charge in [-0.05, 0) is 29.8 Å². The molecule has 0 spiro atoms. The minimum absolute atomic E-state index is 0.0949. The van der Waals surface area contributed by atoms with Crippen LogP contribution in [0.3, 0.4) is 0 Å². The molecule has 0 saturated carbocycles. The summed E-state index contributed by atoms with van der Waals surface area (Å²) in [5.41, 5.74) is 2.08. The van der Waals surface area contributed by atoms with E-state index < -0.39 is 5.82 Å². The van der Waals surface area contributed by atoms with Crippen LogP contribution in [0.15, 0.2) is 82.6 Å². The molecule has 0 aliphatic carbocycles. The molecule has 150 valence electrons. The van der Waals surface area contributed by atoms with Crippen LogP contribution >= 0.6 is 23.1 Å². The molecule has 0 unspecified atom stereocenters. The fraction of sp³-hybridized carbons (Fsp3) is 0.0870. The first-order chi connectivity index (χ1) is 14.6. The van der Waals surface area contributed by atoms with Crippen molar-refractivity contribution in [3.05, 3.63) is 94.4 Å². The van der Waals surface area contributed by atoms with Crippen molar-refractivity contribution in [1.29, 1.82) is 0 Å². The largest absolute Gasteiger partial charge is 0.293 e. The zero-order valence-electron chi connectivity index (χ0n) is 15.9. The highest BCUT2D eigenvalue weighted by Crippen LogP contribution is 2.32. The number of benzene rings is 2. The Morgan fingerprint density at radius 1 is 1.17 bits per heavy atom. The molecule has 0 bridgehead atoms. The van der Waals surface area contributed by atoms with Gasteiger partial charge in [0.25, 0.3) is 5.56 Å². The SMILES string of the molecule is C=CCn1c(SCC(=O)c2ccc(F)cc2)nc2scc(-c3ccccc3)c2c1=O. The van der Waals surface area contributed by atoms with E-state index in [1.165, 1.54) is 51.9 Å². The number of carbonyl (C=O) groups excluding carboxylic acids is 1. The number of hydrogen-bond donors (Lipinski definition) is 0. The maximum absolute atomic E-state index is 13.3. The van der Waals surface area contributed by atoms with Crippen molar-refractivity contribution in [3.63, 3.8) is 0 Å². The highest BCUT2D eigenvalue weighted by atomic mass is 32.2. The Hall–Kier alpha value is -3.03. The van der Waals surface area contributed by atoms with Crippen LogP contribution in [-0.4, -0.2) is 21.1 Å². The summed E-state index contributed by atoms with van der Waals surface area (Å²) in [5.74, 6) is -0.453. The van der Waals surface area contributed by atoms with Crippen LogP contribution in [0.5, 0.6) is 0 Å². The fourth-order valence-electron chi connectivity index (χ4n) is 3.09. The highest BCUT2D eigenvalue weighted by Gasteiger charge is 2.18. The molecule has 0 aliphatic rings. The van der Waals surface area contributed by atoms with E-state index in [0.29, 0.717) is 27.5 Å². The van der Waals surface area contributed by atoms with Crippen LogP contribution in [0, 0.1) is 5.82 Å². The number of carbonyl (C=O) groups is 1. The summed E-state index contributed by atoms with van der Waals surface area (Å²) in [4.78, 5) is 31.0. The van der Waals surface area contributed by atoms with E-state index in [2.05, 4.69) is 11.6 Å². The molecular formula is C23H17FN2O2S2. The summed E-state index contributed by atoms with van der Waals surface area (Å²) in [5, 5.41) is 2.97. The van der Waals surface area contributed by atoms with Gasteiger partial charge in [0.15, 0.2) is 10.9 Å². The number of fused-ring (bicyclic) bond motifs is 1. The topological polar surface area (TPSA) is 52.0 Å². The highest BCUT2D eigenvalue weighted by molar-refractivity contribution is 7.99. The average Bonchev–Trinajstić information content (AvgIpc) is 3.19. The Morgan fingerprint density at radius 3 is 2.60 bits per heavy atom. The van der Waals surface area contributed by atoms with Crippen LogP contribution in [-0.2, 0) is 6.54 Å². The number of Topliss-reactive ketones (excluding diaryl/α,β-unsaturated/α-hetero) is 1. The fourth-order valence-corrected chi connectivity index (χ4v) is 4.98. The molecule has 0 amide bonds. The number of rotatable bonds is 7. The lowest BCUT2D eigenvalue weighted by atomic mass is 10.1. The molecule has 0 saturated heterocycles. The third kappa shape index (κ3) is 3.99. The van der Waals surface area contributed by atoms with Crippen LogP contribution in [0.25, 0.3) is 21.3 Å². The molecule has 0 N–H and O–H groups in total. The molecule has 7 heteroatoms. The summed E-state index contributed by atoms with van der Waals surface area (Å²) in [6, 6.07) is 15.1. The van der Waals surface area contributed by atoms with Gasteiger partial charge >= 0.3 is 0 Å². The summed E-state index contributed by atoms with van der Waals surface area (Å²) in [7, 11) is 0. The van der Waals surface area contributed by atoms with Gasteiger partial charge in [-0.1, -0.05) is 48.2 Å². The number of hydrogen-bond acceptors (Lipinski definition) is 5. The molecule has 2 aromatic heterocycles. The molecule has 2 aromatic carbocycles. The number of ketones is 1. The minimum atomic E-state index is -0.391. The average molecular weight is 437 g/mol. The van der Waals surface area contributed by atoms with Crippen molar-refractivity contribution in [3.8, 4) is 11.1 Å². The van der Waals surface area contributed by atoms with Gasteiger partial charge in [0, 0.05) is 23.1 Å². The minimum Gasteiger partial charge on any atom is -0.293 e. The molecule has 4 aromatic rings. The number of allylic oxidation sites excluding steroid dienone is 1. The van der Waals surface area contributed by atoms with E-state index in [4.69, 9.17) is 0 Å². The lowest BCUT2D eigenvalue weighted by molar-refractivity contribution is 0.102. The normalized spacial score (nSPS) is 11.0. The second-order valence-corrected chi connectivity index (χ2v) is 8.31. The zero-order valence-corrected chi connectivity index (χ0v) is 17.5. The maximum atomic E-state index is 13.3. The Kier molecular flexibility index (Phi) is 5.92. The Labute approximate surface area is 180 Å². The Bertz CT molecular complexity index is 1280. The number of halogens is 1. The lowest BCUT2D eigenvalue weighted by Gasteiger charge is -2.10. The van der Waals surface area contributed by atoms with Gasteiger partial charge in [0.05, 0.1) is 11.1 Å². The smallest absolute Gasteiger partial charge is 0.263 e. The molecule has 0 aliphatic heterocycles. The number of thiophene rings is 1. The Morgan fingerprint density at radius 2 is 1.90 bits per heavy atom. The van der Waals surface area contributed by atoms with Gasteiger partial charge in [0.2, 0.25) is 0 Å². The standard InChI is InChI=1S/C23H17FN2O2S2/c1-2-12-26-22(28)20-18(15-6-4-3-5-7-15)13-29-21(20)25-23(26)30-14-19(27)16-8-10-17(24)11-9-16/h2-11,13H,1,12,14H2. The summed E-state index contributed by atoms with van der Waals surface area (Å²) >= 11 is 2.60. The third-order valence-corrected chi connectivity index (χ3v) is 6.40. The number of aromatic nitrogens is 2. The molecule has 0 atom stereocenters. The van der Waals surface area contributed by atoms with Crippen molar-refractivity contribution >= 4 is 39.1 Å². The first-order valence-corrected chi connectivity index (χ1v) is 11.0. The van der Waals surface area contributed by atoms with Crippen molar-refractivity contribution in [1.82, 2.24) is 9.55 Å². The number of nitrogens with zero attached hydrogens (tertiary/aromatic N) is 2. The molecule has 0 fully saturated rings. The van der Waals surface area contributed by atoms with Gasteiger partial charge < -0.3 is 0 Å². The number of thioether (sulfide) groups is 1. The van der Waals surface area contributed by atoms with E-state index in [1.54, 1.807) is 6.08 Å². The van der Waals surface area contributed by atoms with E-state index in [1.807, 2.05) is 35.7 Å². The van der Waals surface area contributed by atoms with Gasteiger partial charge in [-0.15, -0.1) is 17.9 Å².